The van der Waals surface area contributed by atoms with Gasteiger partial charge in [-0.25, -0.2) is 8.42 Å². The van der Waals surface area contributed by atoms with E-state index >= 15 is 0 Å². The van der Waals surface area contributed by atoms with Gasteiger partial charge in [0.15, 0.2) is 14.7 Å². The predicted octanol–water partition coefficient (Wildman–Crippen LogP) is 5.22. The zero-order valence-electron chi connectivity index (χ0n) is 17.2. The molecule has 0 amide bonds. The van der Waals surface area contributed by atoms with Crippen molar-refractivity contribution in [2.24, 2.45) is 0 Å². The third-order valence-corrected chi connectivity index (χ3v) is 6.81. The second kappa shape index (κ2) is 11.3. The van der Waals surface area contributed by atoms with E-state index in [1.165, 1.54) is 14.7 Å². The van der Waals surface area contributed by atoms with Gasteiger partial charge in [-0.1, -0.05) is 54.6 Å². The van der Waals surface area contributed by atoms with Gasteiger partial charge in [0.05, 0.1) is 15.8 Å². The quantitative estimate of drug-likeness (QED) is 0.123. The van der Waals surface area contributed by atoms with E-state index < -0.39 is 15.3 Å². The summed E-state index contributed by atoms with van der Waals surface area (Å²) >= 11 is 0. The van der Waals surface area contributed by atoms with Crippen LogP contribution in [0.4, 0.5) is 5.69 Å². The van der Waals surface area contributed by atoms with Gasteiger partial charge in [0.25, 0.3) is 16.1 Å². The Bertz CT molecular complexity index is 1170. The molecule has 0 N–H and O–H groups in total. The largest absolute Gasteiger partial charge is 0.716 e. The van der Waals surface area contributed by atoms with Crippen LogP contribution in [0.25, 0.3) is 0 Å². The number of non-ortho nitro benzene ring substituents is 1. The molecule has 0 aliphatic heterocycles. The first kappa shape index (κ1) is 24.0. The normalized spacial score (nSPS) is 10.7. The minimum absolute atomic E-state index is 0.0146. The van der Waals surface area contributed by atoms with Crippen LogP contribution in [-0.4, -0.2) is 17.9 Å². The Kier molecular flexibility index (Phi) is 8.20. The third-order valence-electron chi connectivity index (χ3n) is 4.18. The molecule has 0 saturated heterocycles. The Labute approximate surface area is 194 Å². The van der Waals surface area contributed by atoms with E-state index in [9.17, 15) is 23.1 Å². The van der Waals surface area contributed by atoms with Crippen LogP contribution in [0, 0.1) is 10.1 Å². The molecule has 0 radical (unpaired) electrons. The highest BCUT2D eigenvalue weighted by molar-refractivity contribution is 7.97. The van der Waals surface area contributed by atoms with E-state index in [2.05, 4.69) is 95.2 Å². The number of nitro benzene ring substituents is 1. The molecule has 0 aliphatic carbocycles. The second-order valence-corrected chi connectivity index (χ2v) is 9.50. The molecule has 0 aromatic heterocycles. The van der Waals surface area contributed by atoms with Gasteiger partial charge in [-0.3, -0.25) is 10.1 Å². The summed E-state index contributed by atoms with van der Waals surface area (Å²) in [6, 6.07) is 36.3. The average Bonchev–Trinajstić information content (AvgIpc) is 2.81. The van der Waals surface area contributed by atoms with Gasteiger partial charge >= 0.3 is 0 Å². The van der Waals surface area contributed by atoms with Crippen molar-refractivity contribution in [1.82, 2.24) is 0 Å². The molecule has 0 fully saturated rings. The summed E-state index contributed by atoms with van der Waals surface area (Å²) in [4.78, 5) is 13.6. The molecule has 0 unspecified atom stereocenters. The van der Waals surface area contributed by atoms with Crippen molar-refractivity contribution in [3.05, 3.63) is 125 Å². The molecule has 33 heavy (non-hydrogen) atoms. The maximum absolute atomic E-state index is 10.2. The molecule has 0 atom stereocenters. The molecule has 4 rings (SSSR count). The molecular formula is C24H19NO6S2. The van der Waals surface area contributed by atoms with Crippen LogP contribution in [0.5, 0.6) is 5.75 Å². The van der Waals surface area contributed by atoms with Crippen LogP contribution in [0.3, 0.4) is 0 Å². The van der Waals surface area contributed by atoms with Crippen molar-refractivity contribution in [3.8, 4) is 5.75 Å². The highest BCUT2D eigenvalue weighted by atomic mass is 32.3. The Morgan fingerprint density at radius 2 is 1.00 bits per heavy atom. The van der Waals surface area contributed by atoms with Gasteiger partial charge in [-0.15, -0.1) is 0 Å². The average molecular weight is 482 g/mol. The summed E-state index contributed by atoms with van der Waals surface area (Å²) in [5.41, 5.74) is -0.222. The third kappa shape index (κ3) is 7.46. The standard InChI is InChI=1S/C18H15S.C6H5NO6S/c1-4-10-16(11-5-1)19(17-12-6-2-7-13-17)18-14-8-3-9-15-18;8-7(9)5-1-3-6(4-2-5)13-14(10,11)12/h1-15H;1-4H,(H,10,11,12)/q+1;/p-1. The number of hydrogen-bond donors (Lipinski definition) is 0. The van der Waals surface area contributed by atoms with E-state index in [1.54, 1.807) is 0 Å². The van der Waals surface area contributed by atoms with Crippen LogP contribution in [0.15, 0.2) is 130 Å². The SMILES string of the molecule is O=[N+]([O-])c1ccc(OS(=O)(=O)[O-])cc1.c1ccc([S+](c2ccccc2)c2ccccc2)cc1. The van der Waals surface area contributed by atoms with Gasteiger partial charge in [0.1, 0.15) is 5.75 Å². The number of nitrogens with zero attached hydrogens (tertiary/aromatic N) is 1. The van der Waals surface area contributed by atoms with E-state index in [0.29, 0.717) is 0 Å². The van der Waals surface area contributed by atoms with Gasteiger partial charge in [0, 0.05) is 12.1 Å². The van der Waals surface area contributed by atoms with Crippen molar-refractivity contribution in [3.63, 3.8) is 0 Å². The Morgan fingerprint density at radius 3 is 1.30 bits per heavy atom. The molecule has 4 aromatic rings. The van der Waals surface area contributed by atoms with Crippen LogP contribution < -0.4 is 4.18 Å². The number of rotatable bonds is 6. The molecular weight excluding hydrogens is 462 g/mol. The Hall–Kier alpha value is -3.66. The minimum atomic E-state index is -4.83. The first-order chi connectivity index (χ1) is 15.8. The monoisotopic (exact) mass is 481 g/mol. The van der Waals surface area contributed by atoms with E-state index in [-0.39, 0.29) is 22.3 Å². The van der Waals surface area contributed by atoms with Gasteiger partial charge in [-0.05, 0) is 48.5 Å². The second-order valence-electron chi connectivity index (χ2n) is 6.49. The van der Waals surface area contributed by atoms with Gasteiger partial charge < -0.3 is 8.74 Å². The van der Waals surface area contributed by atoms with Crippen molar-refractivity contribution in [1.29, 1.82) is 0 Å². The lowest BCUT2D eigenvalue weighted by atomic mass is 10.3. The molecule has 0 aliphatic rings. The van der Waals surface area contributed by atoms with Crippen LogP contribution in [0.2, 0.25) is 0 Å². The Morgan fingerprint density at radius 1 is 0.636 bits per heavy atom. The molecule has 168 valence electrons. The van der Waals surface area contributed by atoms with Crippen LogP contribution >= 0.6 is 0 Å². The number of benzene rings is 4. The minimum Gasteiger partial charge on any atom is -0.716 e. The van der Waals surface area contributed by atoms with E-state index in [0.717, 1.165) is 24.3 Å². The fourth-order valence-corrected chi connectivity index (χ4v) is 5.27. The first-order valence-electron chi connectivity index (χ1n) is 9.63. The van der Waals surface area contributed by atoms with Gasteiger partial charge in [-0.2, -0.15) is 0 Å². The smallest absolute Gasteiger partial charge is 0.269 e. The topological polar surface area (TPSA) is 110 Å². The fraction of sp³-hybridized carbons (Fsp3) is 0. The summed E-state index contributed by atoms with van der Waals surface area (Å²) in [5.74, 6) is -0.259. The van der Waals surface area contributed by atoms with Crippen LogP contribution in [-0.2, 0) is 21.3 Å². The molecule has 0 saturated carbocycles. The van der Waals surface area contributed by atoms with Crippen molar-refractivity contribution in [2.75, 3.05) is 0 Å². The summed E-state index contributed by atoms with van der Waals surface area (Å²) in [5, 5.41) is 10.2. The van der Waals surface area contributed by atoms with Crippen molar-refractivity contribution < 1.29 is 22.1 Å². The van der Waals surface area contributed by atoms with Gasteiger partial charge in [0.2, 0.25) is 0 Å². The zero-order chi connectivity index (χ0) is 23.7. The lowest BCUT2D eigenvalue weighted by Gasteiger charge is -2.07. The predicted molar refractivity (Wildman–Crippen MR) is 125 cm³/mol. The zero-order valence-corrected chi connectivity index (χ0v) is 18.8. The highest BCUT2D eigenvalue weighted by Crippen LogP contribution is 2.30. The van der Waals surface area contributed by atoms with Crippen LogP contribution in [0.1, 0.15) is 0 Å². The van der Waals surface area contributed by atoms with Crippen molar-refractivity contribution >= 4 is 27.0 Å². The molecule has 9 heteroatoms. The summed E-state index contributed by atoms with van der Waals surface area (Å²) < 4.78 is 34.3. The first-order valence-corrected chi connectivity index (χ1v) is 12.2. The maximum atomic E-state index is 10.2. The molecule has 4 aromatic carbocycles. The molecule has 0 spiro atoms. The number of nitro groups is 1. The highest BCUT2D eigenvalue weighted by Gasteiger charge is 2.27. The molecule has 0 heterocycles. The fourth-order valence-electron chi connectivity index (χ4n) is 2.82. The summed E-state index contributed by atoms with van der Waals surface area (Å²) in [6.45, 7) is 0. The molecule has 0 bridgehead atoms. The number of hydrogen-bond acceptors (Lipinski definition) is 6. The summed E-state index contributed by atoms with van der Waals surface area (Å²) in [7, 11) is -4.84. The van der Waals surface area contributed by atoms with E-state index in [1.807, 2.05) is 0 Å². The molecule has 7 nitrogen and oxygen atoms in total. The maximum Gasteiger partial charge on any atom is 0.269 e. The Balaban J connectivity index is 0.000000196. The summed E-state index contributed by atoms with van der Waals surface area (Å²) in [6.07, 6.45) is 0. The lowest BCUT2D eigenvalue weighted by Crippen LogP contribution is -2.06. The van der Waals surface area contributed by atoms with E-state index in [4.69, 9.17) is 0 Å². The lowest BCUT2D eigenvalue weighted by molar-refractivity contribution is -0.384. The van der Waals surface area contributed by atoms with Crippen molar-refractivity contribution in [2.45, 2.75) is 14.7 Å².